The van der Waals surface area contributed by atoms with Gasteiger partial charge < -0.3 is 5.32 Å². The minimum Gasteiger partial charge on any atom is -0.334 e. The van der Waals surface area contributed by atoms with Crippen LogP contribution in [0.25, 0.3) is 10.9 Å². The number of carbonyl (C=O) groups is 2. The summed E-state index contributed by atoms with van der Waals surface area (Å²) in [5.41, 5.74) is 0.0731. The number of imide groups is 1. The number of nitrogens with one attached hydrogen (secondary N) is 2. The smallest absolute Gasteiger partial charge is 0.321 e. The molecule has 2 rings (SSSR count). The minimum absolute atomic E-state index is 0.231. The van der Waals surface area contributed by atoms with Gasteiger partial charge in [-0.05, 0) is 18.2 Å². The van der Waals surface area contributed by atoms with E-state index < -0.39 is 17.5 Å². The maximum absolute atomic E-state index is 12.2. The Labute approximate surface area is 130 Å². The average Bonchev–Trinajstić information content (AvgIpc) is 2.48. The molecule has 0 bridgehead atoms. The van der Waals surface area contributed by atoms with E-state index in [1.807, 2.05) is 0 Å². The lowest BCUT2D eigenvalue weighted by molar-refractivity contribution is -0.120. The van der Waals surface area contributed by atoms with Crippen LogP contribution in [0.1, 0.15) is 0 Å². The molecule has 0 unspecified atom stereocenters. The van der Waals surface area contributed by atoms with E-state index in [0.717, 1.165) is 4.57 Å². The standard InChI is InChI=1S/C14H13ClN4O3/c1-2-5-16-14(22)18-12(20)7-19-8-17-11-4-3-9(15)6-10(11)13(19)21/h2-4,6,8H,1,5,7H2,(H2,16,18,20,22). The summed E-state index contributed by atoms with van der Waals surface area (Å²) in [5.74, 6) is -0.633. The van der Waals surface area contributed by atoms with Gasteiger partial charge in [0.25, 0.3) is 5.56 Å². The summed E-state index contributed by atoms with van der Waals surface area (Å²) in [5, 5.41) is 5.20. The molecule has 22 heavy (non-hydrogen) atoms. The van der Waals surface area contributed by atoms with Crippen LogP contribution in [0.15, 0.2) is 42.0 Å². The van der Waals surface area contributed by atoms with Crippen molar-refractivity contribution >= 4 is 34.4 Å². The number of hydrogen-bond acceptors (Lipinski definition) is 4. The van der Waals surface area contributed by atoms with Gasteiger partial charge in [-0.1, -0.05) is 17.7 Å². The first-order chi connectivity index (χ1) is 10.5. The second kappa shape index (κ2) is 6.86. The molecule has 0 aliphatic rings. The van der Waals surface area contributed by atoms with E-state index in [-0.39, 0.29) is 13.1 Å². The van der Waals surface area contributed by atoms with Gasteiger partial charge in [0.15, 0.2) is 0 Å². The number of benzene rings is 1. The Morgan fingerprint density at radius 3 is 2.91 bits per heavy atom. The average molecular weight is 321 g/mol. The van der Waals surface area contributed by atoms with Gasteiger partial charge in [0, 0.05) is 11.6 Å². The molecule has 8 heteroatoms. The molecule has 0 fully saturated rings. The summed E-state index contributed by atoms with van der Waals surface area (Å²) in [4.78, 5) is 39.4. The van der Waals surface area contributed by atoms with Crippen molar-refractivity contribution in [2.24, 2.45) is 0 Å². The number of rotatable bonds is 4. The van der Waals surface area contributed by atoms with Gasteiger partial charge in [-0.3, -0.25) is 19.5 Å². The highest BCUT2D eigenvalue weighted by Crippen LogP contribution is 2.13. The number of nitrogens with zero attached hydrogens (tertiary/aromatic N) is 2. The van der Waals surface area contributed by atoms with E-state index >= 15 is 0 Å². The number of hydrogen-bond donors (Lipinski definition) is 2. The fourth-order valence-corrected chi connectivity index (χ4v) is 1.95. The third kappa shape index (κ3) is 3.70. The number of halogens is 1. The zero-order chi connectivity index (χ0) is 16.1. The van der Waals surface area contributed by atoms with E-state index in [0.29, 0.717) is 15.9 Å². The van der Waals surface area contributed by atoms with E-state index in [4.69, 9.17) is 11.6 Å². The van der Waals surface area contributed by atoms with Crippen molar-refractivity contribution in [2.45, 2.75) is 6.54 Å². The van der Waals surface area contributed by atoms with E-state index in [9.17, 15) is 14.4 Å². The van der Waals surface area contributed by atoms with Gasteiger partial charge >= 0.3 is 6.03 Å². The molecule has 0 aliphatic heterocycles. The number of amides is 3. The third-order valence-electron chi connectivity index (χ3n) is 2.76. The molecular formula is C14H13ClN4O3. The Morgan fingerprint density at radius 1 is 1.41 bits per heavy atom. The van der Waals surface area contributed by atoms with Gasteiger partial charge in [-0.15, -0.1) is 6.58 Å². The van der Waals surface area contributed by atoms with Gasteiger partial charge in [-0.2, -0.15) is 0 Å². The summed E-state index contributed by atoms with van der Waals surface area (Å²) >= 11 is 5.85. The van der Waals surface area contributed by atoms with Crippen molar-refractivity contribution in [1.29, 1.82) is 0 Å². The monoisotopic (exact) mass is 320 g/mol. The third-order valence-corrected chi connectivity index (χ3v) is 3.00. The number of carbonyl (C=O) groups excluding carboxylic acids is 2. The molecule has 7 nitrogen and oxygen atoms in total. The topological polar surface area (TPSA) is 93.1 Å². The molecule has 0 radical (unpaired) electrons. The molecule has 0 saturated carbocycles. The molecule has 0 aliphatic carbocycles. The molecule has 2 aromatic rings. The van der Waals surface area contributed by atoms with Crippen LogP contribution in [0.4, 0.5) is 4.79 Å². The Kier molecular flexibility index (Phi) is 4.90. The van der Waals surface area contributed by atoms with Crippen LogP contribution in [0.3, 0.4) is 0 Å². The van der Waals surface area contributed by atoms with E-state index in [1.165, 1.54) is 18.5 Å². The molecule has 2 N–H and O–H groups in total. The Balaban J connectivity index is 2.16. The summed E-state index contributed by atoms with van der Waals surface area (Å²) in [6, 6.07) is 4.07. The van der Waals surface area contributed by atoms with Gasteiger partial charge in [0.05, 0.1) is 17.2 Å². The van der Waals surface area contributed by atoms with Crippen LogP contribution in [-0.4, -0.2) is 28.0 Å². The van der Waals surface area contributed by atoms with Crippen LogP contribution < -0.4 is 16.2 Å². The molecule has 1 heterocycles. The first-order valence-corrected chi connectivity index (χ1v) is 6.72. The van der Waals surface area contributed by atoms with Gasteiger partial charge in [0.2, 0.25) is 5.91 Å². The van der Waals surface area contributed by atoms with Crippen molar-refractivity contribution in [3.63, 3.8) is 0 Å². The predicted molar refractivity (Wildman–Crippen MR) is 82.8 cm³/mol. The Morgan fingerprint density at radius 2 is 2.18 bits per heavy atom. The van der Waals surface area contributed by atoms with Crippen LogP contribution in [0, 0.1) is 0 Å². The summed E-state index contributed by atoms with van der Waals surface area (Å²) in [7, 11) is 0. The number of urea groups is 1. The predicted octanol–water partition coefficient (Wildman–Crippen LogP) is 1.06. The highest BCUT2D eigenvalue weighted by atomic mass is 35.5. The summed E-state index contributed by atoms with van der Waals surface area (Å²) < 4.78 is 1.11. The number of fused-ring (bicyclic) bond motifs is 1. The first kappa shape index (κ1) is 15.7. The zero-order valence-electron chi connectivity index (χ0n) is 11.5. The lowest BCUT2D eigenvalue weighted by Crippen LogP contribution is -2.42. The maximum Gasteiger partial charge on any atom is 0.321 e. The molecule has 3 amide bonds. The highest BCUT2D eigenvalue weighted by Gasteiger charge is 2.10. The molecule has 0 spiro atoms. The van der Waals surface area contributed by atoms with Crippen LogP contribution in [0.5, 0.6) is 0 Å². The molecule has 1 aromatic heterocycles. The van der Waals surface area contributed by atoms with Crippen molar-refractivity contribution in [2.75, 3.05) is 6.54 Å². The Hall–Kier alpha value is -2.67. The van der Waals surface area contributed by atoms with Crippen LogP contribution in [-0.2, 0) is 11.3 Å². The first-order valence-electron chi connectivity index (χ1n) is 6.34. The van der Waals surface area contributed by atoms with E-state index in [2.05, 4.69) is 22.2 Å². The normalized spacial score (nSPS) is 10.2. The SMILES string of the molecule is C=CCNC(=O)NC(=O)Cn1cnc2ccc(Cl)cc2c1=O. The van der Waals surface area contributed by atoms with E-state index in [1.54, 1.807) is 12.1 Å². The lowest BCUT2D eigenvalue weighted by atomic mass is 10.2. The molecule has 114 valence electrons. The second-order valence-electron chi connectivity index (χ2n) is 4.39. The van der Waals surface area contributed by atoms with Crippen molar-refractivity contribution in [3.8, 4) is 0 Å². The fourth-order valence-electron chi connectivity index (χ4n) is 1.77. The summed E-state index contributed by atoms with van der Waals surface area (Å²) in [6.45, 7) is 3.34. The zero-order valence-corrected chi connectivity index (χ0v) is 12.3. The largest absolute Gasteiger partial charge is 0.334 e. The highest BCUT2D eigenvalue weighted by molar-refractivity contribution is 6.31. The molecule has 0 atom stereocenters. The fraction of sp³-hybridized carbons (Fsp3) is 0.143. The maximum atomic E-state index is 12.2. The van der Waals surface area contributed by atoms with Crippen molar-refractivity contribution in [3.05, 3.63) is 52.6 Å². The second-order valence-corrected chi connectivity index (χ2v) is 4.82. The Bertz CT molecular complexity index is 800. The van der Waals surface area contributed by atoms with Crippen LogP contribution in [0.2, 0.25) is 5.02 Å². The van der Waals surface area contributed by atoms with Crippen LogP contribution >= 0.6 is 11.6 Å². The molecular weight excluding hydrogens is 308 g/mol. The molecule has 1 aromatic carbocycles. The lowest BCUT2D eigenvalue weighted by Gasteiger charge is -2.07. The summed E-state index contributed by atoms with van der Waals surface area (Å²) in [6.07, 6.45) is 2.73. The molecule has 0 saturated heterocycles. The van der Waals surface area contributed by atoms with Gasteiger partial charge in [0.1, 0.15) is 6.54 Å². The van der Waals surface area contributed by atoms with Gasteiger partial charge in [-0.25, -0.2) is 9.78 Å². The quantitative estimate of drug-likeness (QED) is 0.824. The minimum atomic E-state index is -0.658. The van der Waals surface area contributed by atoms with Crippen molar-refractivity contribution in [1.82, 2.24) is 20.2 Å². The number of aromatic nitrogens is 2. The van der Waals surface area contributed by atoms with Crippen molar-refractivity contribution < 1.29 is 9.59 Å².